The monoisotopic (exact) mass is 1160 g/mol. The van der Waals surface area contributed by atoms with E-state index in [1.165, 1.54) is 99.5 Å². The summed E-state index contributed by atoms with van der Waals surface area (Å²) < 4.78 is 6.12. The van der Waals surface area contributed by atoms with E-state index in [0.717, 1.165) is 4.90 Å². The van der Waals surface area contributed by atoms with Crippen molar-refractivity contribution < 1.29 is 57.5 Å². The quantitative estimate of drug-likeness (QED) is 0.232. The predicted molar refractivity (Wildman–Crippen MR) is 313 cm³/mol. The fourth-order valence-corrected chi connectivity index (χ4v) is 10.8. The summed E-state index contributed by atoms with van der Waals surface area (Å²) in [4.78, 5) is 168. The van der Waals surface area contributed by atoms with Crippen molar-refractivity contribution in [3.8, 4) is 0 Å². The second-order valence-electron chi connectivity index (χ2n) is 25.7. The van der Waals surface area contributed by atoms with Crippen LogP contribution in [0.25, 0.3) is 0 Å². The van der Waals surface area contributed by atoms with E-state index in [0.29, 0.717) is 13.0 Å². The summed E-state index contributed by atoms with van der Waals surface area (Å²) in [5.74, 6) is -8.67. The molecule has 11 amide bonds. The van der Waals surface area contributed by atoms with Gasteiger partial charge in [0, 0.05) is 55.9 Å². The normalized spacial score (nSPS) is 29.3. The molecule has 0 aromatic heterocycles. The van der Waals surface area contributed by atoms with Gasteiger partial charge in [-0.15, -0.1) is 0 Å². The topological polar surface area (TPSA) is 268 Å². The molecule has 2 aliphatic heterocycles. The number of likely N-dealkylation sites (N-methyl/N-ethyl adjacent to an activating group) is 7. The Bertz CT molecular complexity index is 2260. The van der Waals surface area contributed by atoms with Crippen LogP contribution in [0.4, 0.5) is 0 Å². The highest BCUT2D eigenvalue weighted by molar-refractivity contribution is 5.99. The molecule has 2 fully saturated rings. The zero-order valence-electron chi connectivity index (χ0n) is 53.9. The van der Waals surface area contributed by atoms with Crippen LogP contribution >= 0.6 is 0 Å². The van der Waals surface area contributed by atoms with Gasteiger partial charge in [0.2, 0.25) is 65.0 Å². The SMILES string of the molecule is CC(C)C[C@@H]1C(=O)N(C)[C@H](CC(C)C)C(=O)N(C)[C@H](C(C)C)C(=O)N(C)[C@H]([C@@H]2OCC[C@H]2C)C(=O)N[C@H](C)C(=O)N(C)CC(=O)N(C)[C@@H](CC(C)C)C(=O)N[C@H](C(C)C)C(=O)N(C)[C@H](CC(C)C)C(=O)N[C@H](C)C(=O)N[C@@H](C)C(=O)N1C. The van der Waals surface area contributed by atoms with Gasteiger partial charge >= 0.3 is 0 Å². The summed E-state index contributed by atoms with van der Waals surface area (Å²) in [6.45, 7) is 28.1. The fraction of sp³-hybridized carbons (Fsp3) is 0.814. The molecule has 2 saturated heterocycles. The van der Waals surface area contributed by atoms with E-state index in [1.54, 1.807) is 27.7 Å². The molecule has 23 heteroatoms. The van der Waals surface area contributed by atoms with Crippen molar-refractivity contribution in [3.05, 3.63) is 0 Å². The third-order valence-corrected chi connectivity index (χ3v) is 15.9. The van der Waals surface area contributed by atoms with Crippen molar-refractivity contribution in [3.63, 3.8) is 0 Å². The lowest BCUT2D eigenvalue weighted by molar-refractivity contribution is -0.157. The Hall–Kier alpha value is -5.87. The Morgan fingerprint density at radius 3 is 1.27 bits per heavy atom. The minimum absolute atomic E-state index is 0.117. The van der Waals surface area contributed by atoms with Gasteiger partial charge < -0.3 is 60.3 Å². The van der Waals surface area contributed by atoms with Gasteiger partial charge in [0.15, 0.2) is 0 Å². The smallest absolute Gasteiger partial charge is 0.246 e. The maximum absolute atomic E-state index is 15.1. The van der Waals surface area contributed by atoms with E-state index in [2.05, 4.69) is 21.3 Å². The molecule has 12 atom stereocenters. The van der Waals surface area contributed by atoms with E-state index < -0.39 is 150 Å². The van der Waals surface area contributed by atoms with Crippen molar-refractivity contribution >= 4 is 65.0 Å². The van der Waals surface area contributed by atoms with Gasteiger partial charge in [-0.25, -0.2) is 0 Å². The second kappa shape index (κ2) is 31.7. The first kappa shape index (κ1) is 72.2. The minimum Gasteiger partial charge on any atom is -0.375 e. The molecule has 0 aliphatic carbocycles. The van der Waals surface area contributed by atoms with Crippen molar-refractivity contribution in [2.75, 3.05) is 62.5 Å². The average Bonchev–Trinajstić information content (AvgIpc) is 3.98. The predicted octanol–water partition coefficient (Wildman–Crippen LogP) is 2.34. The van der Waals surface area contributed by atoms with Crippen LogP contribution in [0.3, 0.4) is 0 Å². The molecule has 23 nitrogen and oxygen atoms in total. The maximum Gasteiger partial charge on any atom is 0.246 e. The molecule has 0 unspecified atom stereocenters. The molecule has 4 N–H and O–H groups in total. The lowest BCUT2D eigenvalue weighted by Gasteiger charge is -2.41. The Morgan fingerprint density at radius 1 is 0.415 bits per heavy atom. The van der Waals surface area contributed by atoms with Gasteiger partial charge in [-0.1, -0.05) is 90.0 Å². The van der Waals surface area contributed by atoms with Crippen LogP contribution in [0.1, 0.15) is 143 Å². The number of carbonyl (C=O) groups excluding carboxylic acids is 11. The van der Waals surface area contributed by atoms with Crippen molar-refractivity contribution in [2.45, 2.75) is 209 Å². The number of amides is 11. The number of hydrogen-bond donors (Lipinski definition) is 4. The molecule has 0 saturated carbocycles. The summed E-state index contributed by atoms with van der Waals surface area (Å²) in [5.41, 5.74) is 0. The first-order chi connectivity index (χ1) is 37.8. The summed E-state index contributed by atoms with van der Waals surface area (Å²) in [7, 11) is 10.1. The van der Waals surface area contributed by atoms with Crippen LogP contribution in [-0.4, -0.2) is 228 Å². The number of nitrogens with one attached hydrogen (secondary N) is 4. The fourth-order valence-electron chi connectivity index (χ4n) is 10.8. The molecule has 468 valence electrons. The van der Waals surface area contributed by atoms with Crippen LogP contribution in [0.2, 0.25) is 0 Å². The number of hydrogen-bond acceptors (Lipinski definition) is 12. The molecule has 2 heterocycles. The molecular formula is C59H105N11O12. The summed E-state index contributed by atoms with van der Waals surface area (Å²) >= 11 is 0. The van der Waals surface area contributed by atoms with Crippen LogP contribution < -0.4 is 21.3 Å². The molecule has 0 bridgehead atoms. The lowest BCUT2D eigenvalue weighted by atomic mass is 9.93. The average molecular weight is 1160 g/mol. The molecule has 0 aromatic carbocycles. The number of carbonyl (C=O) groups is 11. The minimum atomic E-state index is -1.29. The summed E-state index contributed by atoms with van der Waals surface area (Å²) in [5, 5.41) is 11.0. The van der Waals surface area contributed by atoms with Crippen LogP contribution in [0.5, 0.6) is 0 Å². The zero-order valence-corrected chi connectivity index (χ0v) is 53.9. The highest BCUT2D eigenvalue weighted by Crippen LogP contribution is 2.29. The Kier molecular flexibility index (Phi) is 27.9. The first-order valence-electron chi connectivity index (χ1n) is 29.5. The van der Waals surface area contributed by atoms with Crippen molar-refractivity contribution in [1.82, 2.24) is 55.6 Å². The number of ether oxygens (including phenoxy) is 1. The van der Waals surface area contributed by atoms with Gasteiger partial charge in [0.25, 0.3) is 0 Å². The van der Waals surface area contributed by atoms with Gasteiger partial charge in [-0.3, -0.25) is 52.7 Å². The highest BCUT2D eigenvalue weighted by Gasteiger charge is 2.47. The molecule has 0 aromatic rings. The largest absolute Gasteiger partial charge is 0.375 e. The van der Waals surface area contributed by atoms with Crippen LogP contribution in [0, 0.1) is 41.4 Å². The Labute approximate surface area is 489 Å². The van der Waals surface area contributed by atoms with Gasteiger partial charge in [-0.2, -0.15) is 0 Å². The van der Waals surface area contributed by atoms with Gasteiger partial charge in [0.05, 0.1) is 12.6 Å². The van der Waals surface area contributed by atoms with Crippen molar-refractivity contribution in [1.29, 1.82) is 0 Å². The van der Waals surface area contributed by atoms with E-state index in [9.17, 15) is 43.2 Å². The van der Waals surface area contributed by atoms with Crippen LogP contribution in [-0.2, 0) is 57.5 Å². The molecule has 2 aliphatic rings. The molecular weight excluding hydrogens is 1050 g/mol. The molecule has 2 rings (SSSR count). The van der Waals surface area contributed by atoms with Gasteiger partial charge in [-0.05, 0) is 94.3 Å². The van der Waals surface area contributed by atoms with E-state index in [4.69, 9.17) is 4.74 Å². The Morgan fingerprint density at radius 2 is 0.817 bits per heavy atom. The molecule has 0 radical (unpaired) electrons. The van der Waals surface area contributed by atoms with Crippen LogP contribution in [0.15, 0.2) is 0 Å². The molecule has 82 heavy (non-hydrogen) atoms. The first-order valence-corrected chi connectivity index (χ1v) is 29.5. The lowest BCUT2D eigenvalue weighted by Crippen LogP contribution is -2.63. The van der Waals surface area contributed by atoms with E-state index >= 15 is 9.59 Å². The highest BCUT2D eigenvalue weighted by atomic mass is 16.5. The zero-order chi connectivity index (χ0) is 63.3. The standard InChI is InChI=1S/C59H105N11O12/c1-31(2)26-41-52(74)63-46(35(9)10)58(80)66(19)42(27-32(3)4)51(73)60-38(14)50(72)61-40(16)55(77)67(20)43(28-33(5)6)56(78)68(21)44(29-34(7)8)57(79)69(22)47(36(11)12)59(81)70(23)48(49-37(13)24-25-82-49)53(75)62-39(15)54(76)64(17)30-45(71)65(41)18/h31-44,46-49H,24-30H2,1-23H3,(H,60,73)(H,61,72)(H,62,75)(H,63,74)/t37-,38-,39-,40+,41+,42-,43-,44-,46-,47-,48-,49-/m1/s1. The van der Waals surface area contributed by atoms with Gasteiger partial charge in [0.1, 0.15) is 60.4 Å². The third kappa shape index (κ3) is 19.1. The Balaban J connectivity index is 2.89. The summed E-state index contributed by atoms with van der Waals surface area (Å²) in [6, 6.07) is -11.7. The summed E-state index contributed by atoms with van der Waals surface area (Å²) in [6.07, 6.45) is 0.474. The third-order valence-electron chi connectivity index (χ3n) is 15.9. The van der Waals surface area contributed by atoms with E-state index in [1.807, 2.05) is 62.3 Å². The molecule has 0 spiro atoms. The second-order valence-corrected chi connectivity index (χ2v) is 25.7. The number of rotatable bonds is 11. The number of nitrogens with zero attached hydrogens (tertiary/aromatic N) is 7. The van der Waals surface area contributed by atoms with E-state index in [-0.39, 0.29) is 55.3 Å². The van der Waals surface area contributed by atoms with Crippen molar-refractivity contribution in [2.24, 2.45) is 41.4 Å². The maximum atomic E-state index is 15.1.